The van der Waals surface area contributed by atoms with Gasteiger partial charge in [0, 0.05) is 19.6 Å². The Bertz CT molecular complexity index is 634. The Hall–Kier alpha value is -2.23. The van der Waals surface area contributed by atoms with Gasteiger partial charge in [-0.1, -0.05) is 0 Å². The Morgan fingerprint density at radius 3 is 2.52 bits per heavy atom. The topological polar surface area (TPSA) is 85.8 Å². The highest BCUT2D eigenvalue weighted by Gasteiger charge is 2.39. The Labute approximate surface area is 117 Å². The van der Waals surface area contributed by atoms with Crippen molar-refractivity contribution in [2.75, 3.05) is 11.4 Å². The summed E-state index contributed by atoms with van der Waals surface area (Å²) in [6.07, 6.45) is -4.49. The van der Waals surface area contributed by atoms with E-state index in [0.29, 0.717) is 18.1 Å². The summed E-state index contributed by atoms with van der Waals surface area (Å²) in [4.78, 5) is 1.80. The lowest BCUT2D eigenvalue weighted by Crippen LogP contribution is -2.36. The normalized spacial score (nSPS) is 15.1. The van der Waals surface area contributed by atoms with Gasteiger partial charge in [0.1, 0.15) is 0 Å². The van der Waals surface area contributed by atoms with E-state index in [-0.39, 0.29) is 25.5 Å². The number of anilines is 1. The summed E-state index contributed by atoms with van der Waals surface area (Å²) in [6.45, 7) is 1.03. The third-order valence-corrected chi connectivity index (χ3v) is 3.25. The third kappa shape index (κ3) is 2.53. The van der Waals surface area contributed by atoms with Crippen LogP contribution in [0.25, 0.3) is 0 Å². The highest BCUT2D eigenvalue weighted by molar-refractivity contribution is 5.38. The maximum atomic E-state index is 12.7. The van der Waals surface area contributed by atoms with E-state index < -0.39 is 12.0 Å². The average molecular weight is 299 g/mol. The largest absolute Gasteiger partial charge is 0.451 e. The molecule has 0 bridgehead atoms. The molecule has 10 heteroatoms. The minimum Gasteiger partial charge on any atom is -0.346 e. The van der Waals surface area contributed by atoms with Gasteiger partial charge in [-0.2, -0.15) is 18.3 Å². The zero-order chi connectivity index (χ0) is 15.0. The lowest BCUT2D eigenvalue weighted by molar-refractivity contribution is -0.147. The molecule has 0 radical (unpaired) electrons. The van der Waals surface area contributed by atoms with Crippen LogP contribution in [0.4, 0.5) is 19.0 Å². The molecule has 2 aromatic heterocycles. The molecule has 3 rings (SSSR count). The van der Waals surface area contributed by atoms with Gasteiger partial charge in [-0.3, -0.25) is 0 Å². The molecule has 3 heterocycles. The van der Waals surface area contributed by atoms with Crippen LogP contribution >= 0.6 is 0 Å². The van der Waals surface area contributed by atoms with Crippen LogP contribution in [-0.4, -0.2) is 31.5 Å². The van der Waals surface area contributed by atoms with Crippen LogP contribution in [0.3, 0.4) is 0 Å². The van der Waals surface area contributed by atoms with Gasteiger partial charge in [-0.25, -0.2) is 0 Å². The van der Waals surface area contributed by atoms with Gasteiger partial charge in [0.2, 0.25) is 5.82 Å². The van der Waals surface area contributed by atoms with Crippen LogP contribution < -0.4 is 10.6 Å². The first-order valence-electron chi connectivity index (χ1n) is 6.26. The van der Waals surface area contributed by atoms with Gasteiger partial charge in [0.25, 0.3) is 0 Å². The van der Waals surface area contributed by atoms with Gasteiger partial charge in [-0.15, -0.1) is 15.3 Å². The number of nitrogens with zero attached hydrogens (tertiary/aromatic N) is 6. The van der Waals surface area contributed by atoms with E-state index in [2.05, 4.69) is 20.4 Å². The monoisotopic (exact) mass is 299 g/mol. The number of alkyl halides is 3. The van der Waals surface area contributed by atoms with Crippen molar-refractivity contribution >= 4 is 5.82 Å². The molecule has 1 aliphatic heterocycles. The van der Waals surface area contributed by atoms with Crippen molar-refractivity contribution in [3.8, 4) is 0 Å². The summed E-state index contributed by atoms with van der Waals surface area (Å²) >= 11 is 0. The maximum Gasteiger partial charge on any atom is 0.451 e. The first-order valence-corrected chi connectivity index (χ1v) is 6.26. The molecular weight excluding hydrogens is 287 g/mol. The molecule has 2 N–H and O–H groups in total. The fraction of sp³-hybridized carbons (Fsp3) is 0.455. The SMILES string of the molecule is NCc1ccc(N2CCn3c(nnc3C(F)(F)F)C2)nn1. The molecule has 0 fully saturated rings. The number of hydrogen-bond donors (Lipinski definition) is 1. The Morgan fingerprint density at radius 2 is 1.90 bits per heavy atom. The van der Waals surface area contributed by atoms with E-state index in [1.165, 1.54) is 0 Å². The van der Waals surface area contributed by atoms with E-state index in [0.717, 1.165) is 4.57 Å². The molecule has 0 saturated carbocycles. The van der Waals surface area contributed by atoms with E-state index in [4.69, 9.17) is 5.73 Å². The van der Waals surface area contributed by atoms with E-state index >= 15 is 0 Å². The van der Waals surface area contributed by atoms with Crippen molar-refractivity contribution in [2.45, 2.75) is 25.8 Å². The second-order valence-electron chi connectivity index (χ2n) is 4.60. The second-order valence-corrected chi connectivity index (χ2v) is 4.60. The Balaban J connectivity index is 1.83. The summed E-state index contributed by atoms with van der Waals surface area (Å²) in [5, 5.41) is 14.8. The molecule has 0 saturated heterocycles. The van der Waals surface area contributed by atoms with Crippen molar-refractivity contribution in [3.05, 3.63) is 29.5 Å². The van der Waals surface area contributed by atoms with E-state index in [1.807, 2.05) is 0 Å². The Morgan fingerprint density at radius 1 is 1.10 bits per heavy atom. The fourth-order valence-electron chi connectivity index (χ4n) is 2.19. The molecule has 7 nitrogen and oxygen atoms in total. The van der Waals surface area contributed by atoms with Gasteiger partial charge in [-0.05, 0) is 12.1 Å². The van der Waals surface area contributed by atoms with Gasteiger partial charge in [0.15, 0.2) is 11.6 Å². The van der Waals surface area contributed by atoms with Crippen LogP contribution in [0, 0.1) is 0 Å². The summed E-state index contributed by atoms with van der Waals surface area (Å²) in [5.41, 5.74) is 6.09. The molecule has 1 aliphatic rings. The number of nitrogens with two attached hydrogens (primary N) is 1. The number of rotatable bonds is 2. The molecular formula is C11H12F3N7. The Kier molecular flexibility index (Phi) is 3.24. The molecule has 0 amide bonds. The highest BCUT2D eigenvalue weighted by atomic mass is 19.4. The van der Waals surface area contributed by atoms with Crippen LogP contribution in [-0.2, 0) is 25.8 Å². The molecule has 0 aromatic carbocycles. The first kappa shape index (κ1) is 13.7. The zero-order valence-electron chi connectivity index (χ0n) is 10.9. The second kappa shape index (κ2) is 4.95. The number of aromatic nitrogens is 5. The first-order chi connectivity index (χ1) is 9.99. The number of fused-ring (bicyclic) bond motifs is 1. The molecule has 0 unspecified atom stereocenters. The highest BCUT2D eigenvalue weighted by Crippen LogP contribution is 2.30. The third-order valence-electron chi connectivity index (χ3n) is 3.25. The fourth-order valence-corrected chi connectivity index (χ4v) is 2.19. The van der Waals surface area contributed by atoms with Gasteiger partial charge in [0.05, 0.1) is 12.2 Å². The van der Waals surface area contributed by atoms with Crippen molar-refractivity contribution in [1.29, 1.82) is 0 Å². The summed E-state index contributed by atoms with van der Waals surface area (Å²) < 4.78 is 39.3. The molecule has 0 spiro atoms. The predicted octanol–water partition coefficient (Wildman–Crippen LogP) is 0.566. The van der Waals surface area contributed by atoms with Gasteiger partial charge < -0.3 is 15.2 Å². The lowest BCUT2D eigenvalue weighted by atomic mass is 10.3. The molecule has 21 heavy (non-hydrogen) atoms. The molecule has 112 valence electrons. The van der Waals surface area contributed by atoms with Crippen molar-refractivity contribution < 1.29 is 13.2 Å². The van der Waals surface area contributed by atoms with Crippen molar-refractivity contribution in [3.63, 3.8) is 0 Å². The minimum absolute atomic E-state index is 0.150. The molecule has 2 aromatic rings. The summed E-state index contributed by atoms with van der Waals surface area (Å²) in [7, 11) is 0. The summed E-state index contributed by atoms with van der Waals surface area (Å²) in [5.74, 6) is -0.116. The maximum absolute atomic E-state index is 12.7. The lowest BCUT2D eigenvalue weighted by Gasteiger charge is -2.28. The van der Waals surface area contributed by atoms with Crippen LogP contribution in [0.2, 0.25) is 0 Å². The standard InChI is InChI=1S/C11H12F3N7/c12-11(13,14)10-19-18-9-6-20(3-4-21(9)10)8-2-1-7(5-15)16-17-8/h1-2H,3-6,15H2. The minimum atomic E-state index is -4.49. The van der Waals surface area contributed by atoms with Crippen LogP contribution in [0.15, 0.2) is 12.1 Å². The number of halogens is 3. The zero-order valence-corrected chi connectivity index (χ0v) is 10.9. The summed E-state index contributed by atoms with van der Waals surface area (Å²) in [6, 6.07) is 3.48. The average Bonchev–Trinajstić information content (AvgIpc) is 2.90. The quantitative estimate of drug-likeness (QED) is 0.872. The van der Waals surface area contributed by atoms with Crippen molar-refractivity contribution in [2.24, 2.45) is 5.73 Å². The van der Waals surface area contributed by atoms with Crippen LogP contribution in [0.5, 0.6) is 0 Å². The van der Waals surface area contributed by atoms with Crippen molar-refractivity contribution in [1.82, 2.24) is 25.0 Å². The van der Waals surface area contributed by atoms with Crippen LogP contribution in [0.1, 0.15) is 17.3 Å². The van der Waals surface area contributed by atoms with E-state index in [9.17, 15) is 13.2 Å². The molecule has 0 aliphatic carbocycles. The van der Waals surface area contributed by atoms with E-state index in [1.54, 1.807) is 17.0 Å². The smallest absolute Gasteiger partial charge is 0.346 e. The molecule has 0 atom stereocenters. The number of hydrogen-bond acceptors (Lipinski definition) is 6. The predicted molar refractivity (Wildman–Crippen MR) is 66.0 cm³/mol. The van der Waals surface area contributed by atoms with Gasteiger partial charge >= 0.3 is 6.18 Å².